The van der Waals surface area contributed by atoms with Crippen LogP contribution in [0, 0.1) is 6.92 Å². The SMILES string of the molecule is CN=CNc1ccc(C)cc1. The molecule has 1 aromatic carbocycles. The van der Waals surface area contributed by atoms with Gasteiger partial charge in [-0.1, -0.05) is 17.7 Å². The first-order valence-electron chi connectivity index (χ1n) is 3.57. The zero-order valence-corrected chi connectivity index (χ0v) is 6.83. The number of nitrogens with zero attached hydrogens (tertiary/aromatic N) is 1. The van der Waals surface area contributed by atoms with E-state index in [1.54, 1.807) is 13.4 Å². The number of hydrogen-bond acceptors (Lipinski definition) is 1. The maximum atomic E-state index is 3.82. The molecule has 0 radical (unpaired) electrons. The number of rotatable bonds is 2. The highest BCUT2D eigenvalue weighted by atomic mass is 14.9. The van der Waals surface area contributed by atoms with Gasteiger partial charge in [0.2, 0.25) is 0 Å². The van der Waals surface area contributed by atoms with Gasteiger partial charge in [-0.25, -0.2) is 0 Å². The monoisotopic (exact) mass is 148 g/mol. The molecule has 0 aromatic heterocycles. The molecule has 0 aliphatic carbocycles. The molecule has 0 heterocycles. The number of aliphatic imine (C=N–C) groups is 1. The predicted molar refractivity (Wildman–Crippen MR) is 49.2 cm³/mol. The van der Waals surface area contributed by atoms with Crippen molar-refractivity contribution in [2.75, 3.05) is 12.4 Å². The Bertz CT molecular complexity index is 236. The Kier molecular flexibility index (Phi) is 2.66. The van der Waals surface area contributed by atoms with E-state index < -0.39 is 0 Å². The quantitative estimate of drug-likeness (QED) is 0.504. The minimum absolute atomic E-state index is 1.07. The molecule has 1 aromatic rings. The second-order valence-electron chi connectivity index (χ2n) is 2.40. The van der Waals surface area contributed by atoms with Crippen LogP contribution in [-0.4, -0.2) is 13.4 Å². The van der Waals surface area contributed by atoms with Crippen molar-refractivity contribution in [3.05, 3.63) is 29.8 Å². The van der Waals surface area contributed by atoms with Crippen molar-refractivity contribution in [2.45, 2.75) is 6.92 Å². The third-order valence-electron chi connectivity index (χ3n) is 1.41. The first kappa shape index (κ1) is 7.79. The summed E-state index contributed by atoms with van der Waals surface area (Å²) in [4.78, 5) is 3.82. The van der Waals surface area contributed by atoms with Gasteiger partial charge < -0.3 is 5.32 Å². The van der Waals surface area contributed by atoms with Crippen LogP contribution in [0.4, 0.5) is 5.69 Å². The Morgan fingerprint density at radius 1 is 1.27 bits per heavy atom. The van der Waals surface area contributed by atoms with Crippen molar-refractivity contribution < 1.29 is 0 Å². The van der Waals surface area contributed by atoms with Crippen molar-refractivity contribution in [3.63, 3.8) is 0 Å². The lowest BCUT2D eigenvalue weighted by molar-refractivity contribution is 1.44. The van der Waals surface area contributed by atoms with Gasteiger partial charge in [-0.05, 0) is 19.1 Å². The Balaban J connectivity index is 2.66. The van der Waals surface area contributed by atoms with E-state index in [0.717, 1.165) is 5.69 Å². The summed E-state index contributed by atoms with van der Waals surface area (Å²) in [5.41, 5.74) is 2.34. The van der Waals surface area contributed by atoms with Crippen LogP contribution >= 0.6 is 0 Å². The maximum Gasteiger partial charge on any atom is 0.0864 e. The van der Waals surface area contributed by atoms with E-state index in [1.807, 2.05) is 12.1 Å². The minimum Gasteiger partial charge on any atom is -0.347 e. The van der Waals surface area contributed by atoms with Gasteiger partial charge in [0.1, 0.15) is 0 Å². The highest BCUT2D eigenvalue weighted by molar-refractivity contribution is 5.75. The summed E-state index contributed by atoms with van der Waals surface area (Å²) in [5.74, 6) is 0. The van der Waals surface area contributed by atoms with E-state index in [2.05, 4.69) is 29.4 Å². The second kappa shape index (κ2) is 3.76. The Morgan fingerprint density at radius 3 is 2.45 bits per heavy atom. The smallest absolute Gasteiger partial charge is 0.0864 e. The van der Waals surface area contributed by atoms with Gasteiger partial charge in [-0.2, -0.15) is 0 Å². The molecule has 0 aliphatic rings. The summed E-state index contributed by atoms with van der Waals surface area (Å²) < 4.78 is 0. The Morgan fingerprint density at radius 2 is 1.91 bits per heavy atom. The van der Waals surface area contributed by atoms with Crippen LogP contribution in [0.5, 0.6) is 0 Å². The Labute approximate surface area is 67.0 Å². The molecule has 1 rings (SSSR count). The molecule has 0 unspecified atom stereocenters. The van der Waals surface area contributed by atoms with Gasteiger partial charge in [-0.15, -0.1) is 0 Å². The molecule has 0 saturated heterocycles. The lowest BCUT2D eigenvalue weighted by Crippen LogP contribution is -1.93. The number of aryl methyl sites for hydroxylation is 1. The van der Waals surface area contributed by atoms with E-state index in [1.165, 1.54) is 5.56 Å². The van der Waals surface area contributed by atoms with Crippen molar-refractivity contribution in [1.82, 2.24) is 0 Å². The van der Waals surface area contributed by atoms with Crippen molar-refractivity contribution in [2.24, 2.45) is 4.99 Å². The molecule has 2 nitrogen and oxygen atoms in total. The summed E-state index contributed by atoms with van der Waals surface area (Å²) in [5, 5.41) is 3.03. The molecule has 0 bridgehead atoms. The summed E-state index contributed by atoms with van der Waals surface area (Å²) in [6.07, 6.45) is 1.67. The largest absolute Gasteiger partial charge is 0.347 e. The van der Waals surface area contributed by atoms with Crippen molar-refractivity contribution in [1.29, 1.82) is 0 Å². The lowest BCUT2D eigenvalue weighted by atomic mass is 10.2. The average Bonchev–Trinajstić information content (AvgIpc) is 2.04. The van der Waals surface area contributed by atoms with Gasteiger partial charge in [0.05, 0.1) is 6.34 Å². The zero-order chi connectivity index (χ0) is 8.10. The lowest BCUT2D eigenvalue weighted by Gasteiger charge is -1.98. The van der Waals surface area contributed by atoms with Crippen molar-refractivity contribution in [3.8, 4) is 0 Å². The van der Waals surface area contributed by atoms with E-state index in [9.17, 15) is 0 Å². The summed E-state index contributed by atoms with van der Waals surface area (Å²) >= 11 is 0. The van der Waals surface area contributed by atoms with Gasteiger partial charge in [-0.3, -0.25) is 4.99 Å². The molecular formula is C9H12N2. The molecule has 0 fully saturated rings. The fraction of sp³-hybridized carbons (Fsp3) is 0.222. The van der Waals surface area contributed by atoms with Crippen molar-refractivity contribution >= 4 is 12.0 Å². The number of hydrogen-bond donors (Lipinski definition) is 1. The molecule has 0 amide bonds. The molecule has 1 N–H and O–H groups in total. The molecule has 0 atom stereocenters. The normalized spacial score (nSPS) is 10.4. The number of nitrogens with one attached hydrogen (secondary N) is 1. The van der Waals surface area contributed by atoms with Gasteiger partial charge in [0.25, 0.3) is 0 Å². The Hall–Kier alpha value is -1.31. The van der Waals surface area contributed by atoms with E-state index in [4.69, 9.17) is 0 Å². The summed E-state index contributed by atoms with van der Waals surface area (Å²) in [6.45, 7) is 2.07. The fourth-order valence-electron chi connectivity index (χ4n) is 0.789. The molecule has 0 saturated carbocycles. The van der Waals surface area contributed by atoms with Gasteiger partial charge in [0.15, 0.2) is 0 Å². The van der Waals surface area contributed by atoms with Gasteiger partial charge in [0, 0.05) is 12.7 Å². The molecule has 58 valence electrons. The fourth-order valence-corrected chi connectivity index (χ4v) is 0.789. The highest BCUT2D eigenvalue weighted by Gasteiger charge is 1.85. The van der Waals surface area contributed by atoms with E-state index >= 15 is 0 Å². The van der Waals surface area contributed by atoms with E-state index in [-0.39, 0.29) is 0 Å². The topological polar surface area (TPSA) is 24.4 Å². The van der Waals surface area contributed by atoms with Crippen LogP contribution < -0.4 is 5.32 Å². The highest BCUT2D eigenvalue weighted by Crippen LogP contribution is 2.06. The van der Waals surface area contributed by atoms with Crippen LogP contribution in [0.1, 0.15) is 5.56 Å². The third kappa shape index (κ3) is 2.42. The summed E-state index contributed by atoms with van der Waals surface area (Å²) in [7, 11) is 1.74. The first-order chi connectivity index (χ1) is 5.33. The number of benzene rings is 1. The van der Waals surface area contributed by atoms with Gasteiger partial charge >= 0.3 is 0 Å². The average molecular weight is 148 g/mol. The maximum absolute atomic E-state index is 3.82. The molecule has 2 heteroatoms. The van der Waals surface area contributed by atoms with Crippen LogP contribution in [0.3, 0.4) is 0 Å². The third-order valence-corrected chi connectivity index (χ3v) is 1.41. The van der Waals surface area contributed by atoms with Crippen LogP contribution in [-0.2, 0) is 0 Å². The molecule has 0 aliphatic heterocycles. The first-order valence-corrected chi connectivity index (χ1v) is 3.57. The van der Waals surface area contributed by atoms with Crippen LogP contribution in [0.15, 0.2) is 29.3 Å². The summed E-state index contributed by atoms with van der Waals surface area (Å²) in [6, 6.07) is 8.17. The standard InChI is InChI=1S/C9H12N2/c1-8-3-5-9(6-4-8)11-7-10-2/h3-7H,1-2H3,(H,10,11). The van der Waals surface area contributed by atoms with E-state index in [0.29, 0.717) is 0 Å². The zero-order valence-electron chi connectivity index (χ0n) is 6.83. The molecule has 0 spiro atoms. The minimum atomic E-state index is 1.07. The molecule has 11 heavy (non-hydrogen) atoms. The van der Waals surface area contributed by atoms with Crippen LogP contribution in [0.2, 0.25) is 0 Å². The van der Waals surface area contributed by atoms with Crippen LogP contribution in [0.25, 0.3) is 0 Å². The number of anilines is 1. The predicted octanol–water partition coefficient (Wildman–Crippen LogP) is 2.07. The second-order valence-corrected chi connectivity index (χ2v) is 2.40. The molecular weight excluding hydrogens is 136 g/mol.